The normalized spacial score (nSPS) is 11.5. The number of likely N-dealkylation sites (N-methyl/N-ethyl adjacent to an activating group) is 1. The number of aryl methyl sites for hydroxylation is 1. The van der Waals surface area contributed by atoms with Gasteiger partial charge in [-0.15, -0.1) is 10.2 Å². The Balaban J connectivity index is 0.00000259. The van der Waals surface area contributed by atoms with Gasteiger partial charge in [-0.1, -0.05) is 11.3 Å². The first-order valence-electron chi connectivity index (χ1n) is 10.3. The highest BCUT2D eigenvalue weighted by molar-refractivity contribution is 14.1. The number of nitrogens with zero attached hydrogens (tertiary/aromatic N) is 7. The molecule has 1 N–H and O–H groups in total. The summed E-state index contributed by atoms with van der Waals surface area (Å²) in [5.41, 5.74) is 3.87. The van der Waals surface area contributed by atoms with Crippen molar-refractivity contribution in [3.8, 4) is 0 Å². The molecule has 0 fully saturated rings. The molecule has 0 bridgehead atoms. The van der Waals surface area contributed by atoms with E-state index >= 15 is 0 Å². The lowest BCUT2D eigenvalue weighted by molar-refractivity contribution is -0.684. The number of azo groups is 1. The van der Waals surface area contributed by atoms with Crippen LogP contribution < -0.4 is 26.4 Å². The quantitative estimate of drug-likeness (QED) is 0.169. The zero-order valence-corrected chi connectivity index (χ0v) is 22.7. The van der Waals surface area contributed by atoms with Crippen LogP contribution in [0.1, 0.15) is 6.92 Å². The molecular formula is C22H22BrIN8S. The van der Waals surface area contributed by atoms with Crippen LogP contribution in [0.3, 0.4) is 0 Å². The Morgan fingerprint density at radius 3 is 2.76 bits per heavy atom. The molecule has 0 unspecified atom stereocenters. The third kappa shape index (κ3) is 5.09. The monoisotopic (exact) mass is 636 g/mol. The first-order chi connectivity index (χ1) is 15.6. The standard InChI is InChI=1S/C22H22IN8S.BrH/c1-3-30(10-11-31-9-8-29(2)21(31)23)17-6-4-16(5-7-17)26-28-22-25-19-13-18-15(14-24-27-18)12-20(19)32-22;/h4-9,12-14H,3,10-11H2,1-2H3,(H,24,27);1H/q+1;/p-1. The lowest BCUT2D eigenvalue weighted by atomic mass is 10.2. The van der Waals surface area contributed by atoms with E-state index in [0.29, 0.717) is 5.13 Å². The molecule has 3 heterocycles. The number of imidazole rings is 1. The number of H-pyrrole nitrogens is 1. The predicted octanol–water partition coefficient (Wildman–Crippen LogP) is 2.35. The zero-order chi connectivity index (χ0) is 22.1. The van der Waals surface area contributed by atoms with Crippen LogP contribution in [-0.4, -0.2) is 32.8 Å². The number of fused-ring (bicyclic) bond motifs is 2. The van der Waals surface area contributed by atoms with Crippen molar-refractivity contribution in [2.45, 2.75) is 13.5 Å². The third-order valence-electron chi connectivity index (χ3n) is 5.39. The Morgan fingerprint density at radius 2 is 2.03 bits per heavy atom. The number of hydrogen-bond acceptors (Lipinski definition) is 6. The first-order valence-corrected chi connectivity index (χ1v) is 12.2. The van der Waals surface area contributed by atoms with Crippen molar-refractivity contribution in [3.05, 3.63) is 58.8 Å². The number of hydrogen-bond donors (Lipinski definition) is 1. The number of halogens is 2. The Bertz CT molecular complexity index is 1360. The maximum Gasteiger partial charge on any atom is 0.317 e. The van der Waals surface area contributed by atoms with Crippen LogP contribution in [-0.2, 0) is 13.6 Å². The number of benzene rings is 2. The first kappa shape index (κ1) is 23.8. The van der Waals surface area contributed by atoms with Gasteiger partial charge in [0.15, 0.2) is 0 Å². The van der Waals surface area contributed by atoms with E-state index in [1.807, 2.05) is 24.4 Å². The highest BCUT2D eigenvalue weighted by atomic mass is 127. The molecule has 5 aromatic rings. The van der Waals surface area contributed by atoms with Crippen LogP contribution in [0.25, 0.3) is 21.1 Å². The number of anilines is 1. The summed E-state index contributed by atoms with van der Waals surface area (Å²) in [5.74, 6) is 0. The molecule has 0 atom stereocenters. The van der Waals surface area contributed by atoms with Gasteiger partial charge in [0.2, 0.25) is 5.13 Å². The minimum absolute atomic E-state index is 0. The maximum atomic E-state index is 4.58. The van der Waals surface area contributed by atoms with E-state index in [0.717, 1.165) is 46.4 Å². The molecule has 170 valence electrons. The molecule has 0 aliphatic carbocycles. The number of thiazole rings is 1. The number of nitrogens with one attached hydrogen (secondary N) is 1. The summed E-state index contributed by atoms with van der Waals surface area (Å²) in [4.78, 5) is 6.94. The third-order valence-corrected chi connectivity index (χ3v) is 7.68. The zero-order valence-electron chi connectivity index (χ0n) is 18.1. The molecule has 33 heavy (non-hydrogen) atoms. The molecule has 0 saturated carbocycles. The van der Waals surface area contributed by atoms with E-state index in [1.54, 1.807) is 0 Å². The van der Waals surface area contributed by atoms with Crippen LogP contribution in [0.5, 0.6) is 0 Å². The second-order valence-electron chi connectivity index (χ2n) is 7.44. The van der Waals surface area contributed by atoms with Crippen LogP contribution in [0.15, 0.2) is 65.2 Å². The van der Waals surface area contributed by atoms with Gasteiger partial charge in [-0.2, -0.15) is 5.10 Å². The van der Waals surface area contributed by atoms with Gasteiger partial charge >= 0.3 is 3.83 Å². The van der Waals surface area contributed by atoms with E-state index < -0.39 is 0 Å². The summed E-state index contributed by atoms with van der Waals surface area (Å²) in [6, 6.07) is 12.3. The van der Waals surface area contributed by atoms with E-state index in [9.17, 15) is 0 Å². The minimum Gasteiger partial charge on any atom is -1.00 e. The molecule has 0 spiro atoms. The summed E-state index contributed by atoms with van der Waals surface area (Å²) in [6.45, 7) is 5.01. The van der Waals surface area contributed by atoms with Gasteiger partial charge in [-0.3, -0.25) is 5.10 Å². The van der Waals surface area contributed by atoms with Gasteiger partial charge in [0, 0.05) is 17.6 Å². The van der Waals surface area contributed by atoms with Crippen molar-refractivity contribution in [1.29, 1.82) is 0 Å². The van der Waals surface area contributed by atoms with Gasteiger partial charge in [-0.05, 0) is 43.3 Å². The van der Waals surface area contributed by atoms with Crippen LogP contribution in [0.2, 0.25) is 0 Å². The Labute approximate surface area is 219 Å². The fraction of sp³-hybridized carbons (Fsp3) is 0.227. The van der Waals surface area contributed by atoms with E-state index in [-0.39, 0.29) is 17.0 Å². The van der Waals surface area contributed by atoms with Crippen molar-refractivity contribution in [1.82, 2.24) is 19.7 Å². The summed E-state index contributed by atoms with van der Waals surface area (Å²) < 4.78 is 6.69. The van der Waals surface area contributed by atoms with Crippen LogP contribution in [0.4, 0.5) is 16.5 Å². The Kier molecular flexibility index (Phi) is 7.39. The van der Waals surface area contributed by atoms with E-state index in [1.165, 1.54) is 20.9 Å². The molecule has 11 heteroatoms. The molecule has 3 aromatic heterocycles. The average Bonchev–Trinajstić information content (AvgIpc) is 3.51. The van der Waals surface area contributed by atoms with Crippen LogP contribution >= 0.6 is 33.9 Å². The largest absolute Gasteiger partial charge is 1.00 e. The highest BCUT2D eigenvalue weighted by Crippen LogP contribution is 2.32. The molecular weight excluding hydrogens is 615 g/mol. The smallest absolute Gasteiger partial charge is 0.317 e. The van der Waals surface area contributed by atoms with Gasteiger partial charge < -0.3 is 21.9 Å². The van der Waals surface area contributed by atoms with Gasteiger partial charge in [-0.25, -0.2) is 14.1 Å². The molecule has 0 aliphatic rings. The summed E-state index contributed by atoms with van der Waals surface area (Å²) in [6.07, 6.45) is 6.02. The molecule has 2 aromatic carbocycles. The fourth-order valence-corrected chi connectivity index (χ4v) is 4.98. The molecule has 0 aliphatic heterocycles. The topological polar surface area (TPSA) is 78.3 Å². The maximum absolute atomic E-state index is 4.58. The minimum atomic E-state index is 0. The SMILES string of the molecule is CCN(CCn1cc[n+](C)c1I)c1ccc(N=Nc2nc3cc4[nH]ncc4cc3s2)cc1.[Br-]. The lowest BCUT2D eigenvalue weighted by Gasteiger charge is -2.22. The molecule has 0 saturated heterocycles. The van der Waals surface area contributed by atoms with Crippen molar-refractivity contribution in [2.24, 2.45) is 17.3 Å². The number of rotatable bonds is 7. The second kappa shape index (κ2) is 10.3. The van der Waals surface area contributed by atoms with Crippen molar-refractivity contribution >= 4 is 71.6 Å². The van der Waals surface area contributed by atoms with E-state index in [4.69, 9.17) is 0 Å². The highest BCUT2D eigenvalue weighted by Gasteiger charge is 2.12. The second-order valence-corrected chi connectivity index (χ2v) is 9.42. The van der Waals surface area contributed by atoms with Crippen molar-refractivity contribution in [3.63, 3.8) is 0 Å². The fourth-order valence-electron chi connectivity index (χ4n) is 3.60. The molecule has 8 nitrogen and oxygen atoms in total. The lowest BCUT2D eigenvalue weighted by Crippen LogP contribution is -3.00. The molecule has 0 amide bonds. The van der Waals surface area contributed by atoms with Gasteiger partial charge in [0.25, 0.3) is 0 Å². The van der Waals surface area contributed by atoms with Crippen LogP contribution in [0, 0.1) is 3.83 Å². The number of aromatic amines is 1. The summed E-state index contributed by atoms with van der Waals surface area (Å²) >= 11 is 3.90. The molecule has 5 rings (SSSR count). The summed E-state index contributed by atoms with van der Waals surface area (Å²) in [7, 11) is 2.07. The predicted molar refractivity (Wildman–Crippen MR) is 136 cm³/mol. The number of aromatic nitrogens is 5. The van der Waals surface area contributed by atoms with E-state index in [2.05, 4.69) is 107 Å². The van der Waals surface area contributed by atoms with Gasteiger partial charge in [0.05, 0.1) is 63.8 Å². The Hall–Kier alpha value is -2.38. The van der Waals surface area contributed by atoms with Gasteiger partial charge in [0.1, 0.15) is 18.9 Å². The van der Waals surface area contributed by atoms with Crippen molar-refractivity contribution < 1.29 is 21.5 Å². The Morgan fingerprint density at radius 1 is 1.21 bits per heavy atom. The van der Waals surface area contributed by atoms with Crippen molar-refractivity contribution in [2.75, 3.05) is 18.0 Å². The average molecular weight is 637 g/mol. The summed E-state index contributed by atoms with van der Waals surface area (Å²) in [5, 5.41) is 17.5. The molecule has 0 radical (unpaired) electrons.